The molecule has 1 aliphatic carbocycles. The third-order valence-electron chi connectivity index (χ3n) is 5.42. The molecule has 24 heavy (non-hydrogen) atoms. The van der Waals surface area contributed by atoms with Crippen molar-refractivity contribution in [3.63, 3.8) is 0 Å². The van der Waals surface area contributed by atoms with Crippen molar-refractivity contribution in [2.24, 2.45) is 0 Å². The second-order valence-electron chi connectivity index (χ2n) is 8.38. The number of aromatic nitrogens is 1. The first-order chi connectivity index (χ1) is 11.5. The highest BCUT2D eigenvalue weighted by Crippen LogP contribution is 2.34. The van der Waals surface area contributed by atoms with Crippen LogP contribution in [-0.4, -0.2) is 48.3 Å². The number of nitrogens with zero attached hydrogens (tertiary/aromatic N) is 2. The van der Waals surface area contributed by atoms with Crippen LogP contribution in [0.3, 0.4) is 0 Å². The van der Waals surface area contributed by atoms with Gasteiger partial charge in [0.2, 0.25) is 0 Å². The summed E-state index contributed by atoms with van der Waals surface area (Å²) in [6, 6.07) is 0. The van der Waals surface area contributed by atoms with E-state index < -0.39 is 0 Å². The van der Waals surface area contributed by atoms with E-state index in [1.54, 1.807) is 11.3 Å². The molecule has 2 aliphatic rings. The third-order valence-corrected chi connectivity index (χ3v) is 6.74. The Morgan fingerprint density at radius 1 is 1.21 bits per heavy atom. The van der Waals surface area contributed by atoms with Crippen molar-refractivity contribution < 1.29 is 4.74 Å². The van der Waals surface area contributed by atoms with E-state index in [0.717, 1.165) is 39.4 Å². The molecule has 1 aliphatic heterocycles. The summed E-state index contributed by atoms with van der Waals surface area (Å²) in [5, 5.41) is 7.19. The molecule has 1 aromatic rings. The van der Waals surface area contributed by atoms with Gasteiger partial charge in [0, 0.05) is 42.5 Å². The molecule has 0 bridgehead atoms. The van der Waals surface area contributed by atoms with Crippen molar-refractivity contribution in [1.29, 1.82) is 0 Å². The Morgan fingerprint density at radius 2 is 1.92 bits per heavy atom. The minimum absolute atomic E-state index is 0.154. The summed E-state index contributed by atoms with van der Waals surface area (Å²) in [6.45, 7) is 12.6. The predicted octanol–water partition coefficient (Wildman–Crippen LogP) is 3.57. The average Bonchev–Trinajstić information content (AvgIpc) is 3.06. The average molecular weight is 352 g/mol. The molecule has 5 heteroatoms. The van der Waals surface area contributed by atoms with Crippen LogP contribution in [0.5, 0.6) is 0 Å². The van der Waals surface area contributed by atoms with Crippen molar-refractivity contribution in [1.82, 2.24) is 15.2 Å². The Labute approximate surface area is 151 Å². The number of morpholine rings is 1. The second-order valence-corrected chi connectivity index (χ2v) is 9.24. The summed E-state index contributed by atoms with van der Waals surface area (Å²) >= 11 is 1.79. The fourth-order valence-electron chi connectivity index (χ4n) is 4.01. The van der Waals surface area contributed by atoms with Gasteiger partial charge in [-0.15, -0.1) is 11.3 Å². The normalized spacial score (nSPS) is 22.6. The van der Waals surface area contributed by atoms with Gasteiger partial charge in [-0.3, -0.25) is 4.90 Å². The zero-order chi connectivity index (χ0) is 17.0. The molecule has 0 aromatic carbocycles. The van der Waals surface area contributed by atoms with Crippen LogP contribution in [0.4, 0.5) is 0 Å². The molecular formula is C19H33N3OS. The lowest BCUT2D eigenvalue weighted by atomic mass is 9.79. The summed E-state index contributed by atoms with van der Waals surface area (Å²) in [5.74, 6) is 0. The minimum atomic E-state index is 0.154. The first-order valence-electron chi connectivity index (χ1n) is 9.48. The van der Waals surface area contributed by atoms with Gasteiger partial charge in [-0.2, -0.15) is 0 Å². The number of rotatable bonds is 5. The van der Waals surface area contributed by atoms with E-state index in [-0.39, 0.29) is 5.41 Å². The lowest BCUT2D eigenvalue weighted by Crippen LogP contribution is -2.59. The van der Waals surface area contributed by atoms with E-state index in [1.807, 2.05) is 0 Å². The van der Waals surface area contributed by atoms with Crippen molar-refractivity contribution in [3.8, 4) is 0 Å². The van der Waals surface area contributed by atoms with E-state index in [4.69, 9.17) is 9.72 Å². The molecule has 136 valence electrons. The van der Waals surface area contributed by atoms with Gasteiger partial charge in [-0.25, -0.2) is 4.98 Å². The van der Waals surface area contributed by atoms with Gasteiger partial charge in [-0.1, -0.05) is 40.0 Å². The molecule has 0 amide bonds. The first kappa shape index (κ1) is 18.3. The Balaban J connectivity index is 1.58. The highest BCUT2D eigenvalue weighted by molar-refractivity contribution is 7.09. The van der Waals surface area contributed by atoms with Crippen LogP contribution in [0.15, 0.2) is 5.38 Å². The van der Waals surface area contributed by atoms with Gasteiger partial charge in [0.1, 0.15) is 0 Å². The molecule has 1 saturated carbocycles. The summed E-state index contributed by atoms with van der Waals surface area (Å²) in [5.41, 5.74) is 1.68. The molecule has 1 saturated heterocycles. The topological polar surface area (TPSA) is 37.4 Å². The molecule has 0 unspecified atom stereocenters. The zero-order valence-corrected chi connectivity index (χ0v) is 16.4. The summed E-state index contributed by atoms with van der Waals surface area (Å²) in [7, 11) is 0. The van der Waals surface area contributed by atoms with Crippen LogP contribution >= 0.6 is 11.3 Å². The van der Waals surface area contributed by atoms with Crippen LogP contribution in [-0.2, 0) is 16.7 Å². The highest BCUT2D eigenvalue weighted by atomic mass is 32.1. The SMILES string of the molecule is CC(C)(C)c1nc(CNCC2(N3CCOCC3)CCCCC2)cs1. The largest absolute Gasteiger partial charge is 0.379 e. The van der Waals surface area contributed by atoms with Crippen molar-refractivity contribution in [2.75, 3.05) is 32.8 Å². The fourth-order valence-corrected chi connectivity index (χ4v) is 4.92. The Bertz CT molecular complexity index is 511. The number of hydrogen-bond donors (Lipinski definition) is 1. The minimum Gasteiger partial charge on any atom is -0.379 e. The second kappa shape index (κ2) is 7.81. The monoisotopic (exact) mass is 351 g/mol. The molecule has 1 aromatic heterocycles. The Kier molecular flexibility index (Phi) is 5.96. The third kappa shape index (κ3) is 4.37. The van der Waals surface area contributed by atoms with Crippen LogP contribution in [0.1, 0.15) is 63.6 Å². The molecule has 0 radical (unpaired) electrons. The smallest absolute Gasteiger partial charge is 0.0982 e. The standard InChI is InChI=1S/C19H33N3OS/c1-18(2,3)17-21-16(14-24-17)13-20-15-19(7-5-4-6-8-19)22-9-11-23-12-10-22/h14,20H,4-13,15H2,1-3H3. The van der Waals surface area contributed by atoms with Crippen LogP contribution in [0, 0.1) is 0 Å². The van der Waals surface area contributed by atoms with Crippen LogP contribution in [0.25, 0.3) is 0 Å². The number of thiazole rings is 1. The summed E-state index contributed by atoms with van der Waals surface area (Å²) in [4.78, 5) is 7.52. The molecule has 1 N–H and O–H groups in total. The van der Waals surface area contributed by atoms with Gasteiger partial charge in [0.15, 0.2) is 0 Å². The number of hydrogen-bond acceptors (Lipinski definition) is 5. The van der Waals surface area contributed by atoms with Gasteiger partial charge in [0.05, 0.1) is 23.9 Å². The van der Waals surface area contributed by atoms with Gasteiger partial charge >= 0.3 is 0 Å². The predicted molar refractivity (Wildman–Crippen MR) is 101 cm³/mol. The lowest BCUT2D eigenvalue weighted by molar-refractivity contribution is -0.0369. The molecule has 3 rings (SSSR count). The zero-order valence-electron chi connectivity index (χ0n) is 15.6. The van der Waals surface area contributed by atoms with Crippen LogP contribution in [0.2, 0.25) is 0 Å². The Morgan fingerprint density at radius 3 is 2.54 bits per heavy atom. The van der Waals surface area contributed by atoms with E-state index in [2.05, 4.69) is 36.4 Å². The molecular weight excluding hydrogens is 318 g/mol. The van der Waals surface area contributed by atoms with Gasteiger partial charge in [-0.05, 0) is 12.8 Å². The maximum Gasteiger partial charge on any atom is 0.0982 e. The summed E-state index contributed by atoms with van der Waals surface area (Å²) in [6.07, 6.45) is 6.77. The molecule has 0 atom stereocenters. The first-order valence-corrected chi connectivity index (χ1v) is 10.4. The van der Waals surface area contributed by atoms with Crippen LogP contribution < -0.4 is 5.32 Å². The van der Waals surface area contributed by atoms with Crippen molar-refractivity contribution >= 4 is 11.3 Å². The van der Waals surface area contributed by atoms with E-state index in [9.17, 15) is 0 Å². The molecule has 4 nitrogen and oxygen atoms in total. The van der Waals surface area contributed by atoms with E-state index >= 15 is 0 Å². The lowest BCUT2D eigenvalue weighted by Gasteiger charge is -2.48. The van der Waals surface area contributed by atoms with Crippen molar-refractivity contribution in [3.05, 3.63) is 16.1 Å². The van der Waals surface area contributed by atoms with Gasteiger partial charge < -0.3 is 10.1 Å². The molecule has 0 spiro atoms. The highest BCUT2D eigenvalue weighted by Gasteiger charge is 2.38. The quantitative estimate of drug-likeness (QED) is 0.880. The maximum absolute atomic E-state index is 5.57. The van der Waals surface area contributed by atoms with Crippen molar-refractivity contribution in [2.45, 2.75) is 70.4 Å². The number of ether oxygens (including phenoxy) is 1. The van der Waals surface area contributed by atoms with E-state index in [1.165, 1.54) is 42.8 Å². The fraction of sp³-hybridized carbons (Fsp3) is 0.842. The summed E-state index contributed by atoms with van der Waals surface area (Å²) < 4.78 is 5.57. The molecule has 2 heterocycles. The van der Waals surface area contributed by atoms with Gasteiger partial charge in [0.25, 0.3) is 0 Å². The maximum atomic E-state index is 5.57. The van der Waals surface area contributed by atoms with E-state index in [0.29, 0.717) is 5.54 Å². The number of nitrogens with one attached hydrogen (secondary N) is 1. The Hall–Kier alpha value is -0.490. The molecule has 2 fully saturated rings.